The predicted octanol–water partition coefficient (Wildman–Crippen LogP) is 1.46. The summed E-state index contributed by atoms with van der Waals surface area (Å²) < 4.78 is 13.4. The summed E-state index contributed by atoms with van der Waals surface area (Å²) in [4.78, 5) is 7.62. The lowest BCUT2D eigenvalue weighted by atomic mass is 10.0. The van der Waals surface area contributed by atoms with E-state index in [-0.39, 0.29) is 11.8 Å². The predicted molar refractivity (Wildman–Crippen MR) is 68.3 cm³/mol. The normalized spacial score (nSPS) is 16.8. The van der Waals surface area contributed by atoms with Crippen LogP contribution in [0, 0.1) is 11.7 Å². The van der Waals surface area contributed by atoms with Gasteiger partial charge in [-0.1, -0.05) is 0 Å². The van der Waals surface area contributed by atoms with Crippen LogP contribution in [0.25, 0.3) is 0 Å². The molecule has 1 fully saturated rings. The van der Waals surface area contributed by atoms with Gasteiger partial charge in [0.1, 0.15) is 0 Å². The van der Waals surface area contributed by atoms with Crippen LogP contribution in [0.4, 0.5) is 16.2 Å². The minimum absolute atomic E-state index is 0.214. The van der Waals surface area contributed by atoms with Gasteiger partial charge >= 0.3 is 0 Å². The molecule has 0 saturated carbocycles. The molecule has 0 aromatic carbocycles. The lowest BCUT2D eigenvalue weighted by Gasteiger charge is -2.21. The Hall–Kier alpha value is -1.08. The second-order valence-corrected chi connectivity index (χ2v) is 5.20. The molecule has 0 unspecified atom stereocenters. The molecule has 0 bridgehead atoms. The van der Waals surface area contributed by atoms with Gasteiger partial charge in [-0.15, -0.1) is 0 Å². The third-order valence-electron chi connectivity index (χ3n) is 2.77. The van der Waals surface area contributed by atoms with Crippen molar-refractivity contribution in [1.29, 1.82) is 0 Å². The minimum atomic E-state index is -0.450. The SMILES string of the molecule is NNc1ncc(F)c(NCC2CCSCC2)n1. The lowest BCUT2D eigenvalue weighted by Crippen LogP contribution is -2.21. The van der Waals surface area contributed by atoms with Crippen molar-refractivity contribution < 1.29 is 4.39 Å². The number of hydrogen-bond donors (Lipinski definition) is 3. The number of hydrogen-bond acceptors (Lipinski definition) is 6. The van der Waals surface area contributed by atoms with E-state index < -0.39 is 5.82 Å². The van der Waals surface area contributed by atoms with Crippen LogP contribution in [0.5, 0.6) is 0 Å². The first-order valence-electron chi connectivity index (χ1n) is 5.60. The standard InChI is InChI=1S/C10H16FN5S/c11-8-6-14-10(16-12)15-9(8)13-5-7-1-3-17-4-2-7/h6-7H,1-5,12H2,(H2,13,14,15,16). The van der Waals surface area contributed by atoms with Crippen molar-refractivity contribution in [3.05, 3.63) is 12.0 Å². The van der Waals surface area contributed by atoms with Crippen molar-refractivity contribution in [3.8, 4) is 0 Å². The van der Waals surface area contributed by atoms with Gasteiger partial charge in [-0.3, -0.25) is 5.43 Å². The van der Waals surface area contributed by atoms with Crippen LogP contribution < -0.4 is 16.6 Å². The molecule has 0 aliphatic carbocycles. The van der Waals surface area contributed by atoms with Gasteiger partial charge in [0.2, 0.25) is 5.95 Å². The maximum absolute atomic E-state index is 13.4. The molecular formula is C10H16FN5S. The number of thioether (sulfide) groups is 1. The smallest absolute Gasteiger partial charge is 0.239 e. The molecule has 0 atom stereocenters. The van der Waals surface area contributed by atoms with Crippen LogP contribution in [0.15, 0.2) is 6.20 Å². The van der Waals surface area contributed by atoms with E-state index in [0.29, 0.717) is 5.92 Å². The van der Waals surface area contributed by atoms with Gasteiger partial charge in [-0.2, -0.15) is 16.7 Å². The van der Waals surface area contributed by atoms with Gasteiger partial charge < -0.3 is 5.32 Å². The first-order chi connectivity index (χ1) is 8.29. The van der Waals surface area contributed by atoms with Crippen LogP contribution in [-0.2, 0) is 0 Å². The van der Waals surface area contributed by atoms with E-state index >= 15 is 0 Å². The van der Waals surface area contributed by atoms with Crippen LogP contribution in [0.1, 0.15) is 12.8 Å². The molecule has 1 aromatic rings. The van der Waals surface area contributed by atoms with Crippen molar-refractivity contribution in [3.63, 3.8) is 0 Å². The number of hydrazine groups is 1. The molecular weight excluding hydrogens is 241 g/mol. The van der Waals surface area contributed by atoms with Crippen molar-refractivity contribution >= 4 is 23.5 Å². The molecule has 2 rings (SSSR count). The Bertz CT molecular complexity index is 370. The third-order valence-corrected chi connectivity index (χ3v) is 3.82. The number of halogens is 1. The molecule has 0 amide bonds. The Balaban J connectivity index is 1.92. The molecule has 94 valence electrons. The van der Waals surface area contributed by atoms with Gasteiger partial charge in [-0.25, -0.2) is 15.2 Å². The Morgan fingerprint density at radius 2 is 2.24 bits per heavy atom. The number of nitrogens with one attached hydrogen (secondary N) is 2. The molecule has 5 nitrogen and oxygen atoms in total. The summed E-state index contributed by atoms with van der Waals surface area (Å²) in [6.07, 6.45) is 3.46. The maximum Gasteiger partial charge on any atom is 0.239 e. The molecule has 1 aliphatic heterocycles. The molecule has 1 aromatic heterocycles. The van der Waals surface area contributed by atoms with E-state index in [0.717, 1.165) is 12.7 Å². The van der Waals surface area contributed by atoms with Crippen LogP contribution in [-0.4, -0.2) is 28.0 Å². The Labute approximate surface area is 104 Å². The van der Waals surface area contributed by atoms with E-state index in [1.165, 1.54) is 24.3 Å². The Morgan fingerprint density at radius 1 is 1.47 bits per heavy atom. The number of nitrogens with zero attached hydrogens (tertiary/aromatic N) is 2. The number of rotatable bonds is 4. The van der Waals surface area contributed by atoms with Crippen molar-refractivity contribution in [2.75, 3.05) is 28.8 Å². The molecule has 1 aliphatic rings. The second kappa shape index (κ2) is 6.02. The van der Waals surface area contributed by atoms with E-state index in [1.807, 2.05) is 11.8 Å². The van der Waals surface area contributed by atoms with E-state index in [9.17, 15) is 4.39 Å². The summed E-state index contributed by atoms with van der Waals surface area (Å²) in [5, 5.41) is 3.03. The monoisotopic (exact) mass is 257 g/mol. The molecule has 1 saturated heterocycles. The fraction of sp³-hybridized carbons (Fsp3) is 0.600. The number of nitrogen functional groups attached to an aromatic ring is 1. The lowest BCUT2D eigenvalue weighted by molar-refractivity contribution is 0.512. The first-order valence-corrected chi connectivity index (χ1v) is 6.76. The molecule has 2 heterocycles. The number of anilines is 2. The zero-order chi connectivity index (χ0) is 12.1. The summed E-state index contributed by atoms with van der Waals surface area (Å²) in [5.74, 6) is 8.13. The van der Waals surface area contributed by atoms with Gasteiger partial charge in [0, 0.05) is 6.54 Å². The molecule has 0 radical (unpaired) electrons. The van der Waals surface area contributed by atoms with Crippen molar-refractivity contribution in [1.82, 2.24) is 9.97 Å². The minimum Gasteiger partial charge on any atom is -0.367 e. The average Bonchev–Trinajstić information content (AvgIpc) is 2.39. The second-order valence-electron chi connectivity index (χ2n) is 3.97. The van der Waals surface area contributed by atoms with Crippen molar-refractivity contribution in [2.24, 2.45) is 11.8 Å². The van der Waals surface area contributed by atoms with Crippen LogP contribution in [0.2, 0.25) is 0 Å². The van der Waals surface area contributed by atoms with Gasteiger partial charge in [0.15, 0.2) is 11.6 Å². The van der Waals surface area contributed by atoms with Gasteiger partial charge in [0.05, 0.1) is 6.20 Å². The highest BCUT2D eigenvalue weighted by molar-refractivity contribution is 7.99. The largest absolute Gasteiger partial charge is 0.367 e. The third kappa shape index (κ3) is 3.44. The van der Waals surface area contributed by atoms with Crippen molar-refractivity contribution in [2.45, 2.75) is 12.8 Å². The average molecular weight is 257 g/mol. The Morgan fingerprint density at radius 3 is 2.94 bits per heavy atom. The molecule has 4 N–H and O–H groups in total. The summed E-state index contributed by atoms with van der Waals surface area (Å²) in [5.41, 5.74) is 2.30. The zero-order valence-corrected chi connectivity index (χ0v) is 10.3. The Kier molecular flexibility index (Phi) is 4.38. The van der Waals surface area contributed by atoms with Gasteiger partial charge in [0.25, 0.3) is 0 Å². The highest BCUT2D eigenvalue weighted by atomic mass is 32.2. The van der Waals surface area contributed by atoms with Crippen LogP contribution >= 0.6 is 11.8 Å². The fourth-order valence-electron chi connectivity index (χ4n) is 1.75. The summed E-state index contributed by atoms with van der Waals surface area (Å²) in [7, 11) is 0. The highest BCUT2D eigenvalue weighted by Crippen LogP contribution is 2.23. The van der Waals surface area contributed by atoms with E-state index in [2.05, 4.69) is 20.7 Å². The van der Waals surface area contributed by atoms with Crippen LogP contribution in [0.3, 0.4) is 0 Å². The zero-order valence-electron chi connectivity index (χ0n) is 9.45. The molecule has 0 spiro atoms. The van der Waals surface area contributed by atoms with E-state index in [1.54, 1.807) is 0 Å². The number of aromatic nitrogens is 2. The molecule has 7 heteroatoms. The van der Waals surface area contributed by atoms with Gasteiger partial charge in [-0.05, 0) is 30.3 Å². The number of nitrogens with two attached hydrogens (primary N) is 1. The fourth-order valence-corrected chi connectivity index (χ4v) is 2.96. The maximum atomic E-state index is 13.4. The topological polar surface area (TPSA) is 75.9 Å². The quantitative estimate of drug-likeness (QED) is 0.560. The molecule has 17 heavy (non-hydrogen) atoms. The summed E-state index contributed by atoms with van der Waals surface area (Å²) >= 11 is 1.98. The first kappa shape index (κ1) is 12.4. The summed E-state index contributed by atoms with van der Waals surface area (Å²) in [6, 6.07) is 0. The summed E-state index contributed by atoms with van der Waals surface area (Å²) in [6.45, 7) is 0.749. The van der Waals surface area contributed by atoms with E-state index in [4.69, 9.17) is 5.84 Å². The highest BCUT2D eigenvalue weighted by Gasteiger charge is 2.14.